The van der Waals surface area contributed by atoms with Gasteiger partial charge in [0.2, 0.25) is 11.8 Å². The molecule has 3 fully saturated rings. The minimum atomic E-state index is -0.249. The SMILES string of the molecule is O=C(Nc1ccccc1N1CCOCC1)[C@@H]1CC(=O)N(C2CCCC2)C1. The van der Waals surface area contributed by atoms with Crippen molar-refractivity contribution in [2.75, 3.05) is 43.1 Å². The first-order valence-corrected chi connectivity index (χ1v) is 9.74. The Morgan fingerprint density at radius 1 is 1.12 bits per heavy atom. The van der Waals surface area contributed by atoms with Crippen molar-refractivity contribution >= 4 is 23.2 Å². The normalized spacial score (nSPS) is 24.3. The molecule has 6 heteroatoms. The summed E-state index contributed by atoms with van der Waals surface area (Å²) in [5.41, 5.74) is 1.85. The predicted molar refractivity (Wildman–Crippen MR) is 100 cm³/mol. The second kappa shape index (κ2) is 7.66. The van der Waals surface area contributed by atoms with E-state index in [1.54, 1.807) is 0 Å². The summed E-state index contributed by atoms with van der Waals surface area (Å²) < 4.78 is 5.42. The number of hydrogen-bond acceptors (Lipinski definition) is 4. The van der Waals surface area contributed by atoms with E-state index in [4.69, 9.17) is 4.74 Å². The number of nitrogens with zero attached hydrogens (tertiary/aromatic N) is 2. The number of amides is 2. The van der Waals surface area contributed by atoms with E-state index in [1.807, 2.05) is 29.2 Å². The maximum absolute atomic E-state index is 12.8. The van der Waals surface area contributed by atoms with Crippen molar-refractivity contribution < 1.29 is 14.3 Å². The number of likely N-dealkylation sites (tertiary alicyclic amines) is 1. The summed E-state index contributed by atoms with van der Waals surface area (Å²) in [6.45, 7) is 3.62. The molecule has 2 saturated heterocycles. The van der Waals surface area contributed by atoms with Crippen LogP contribution in [0.1, 0.15) is 32.1 Å². The smallest absolute Gasteiger partial charge is 0.229 e. The lowest BCUT2D eigenvalue weighted by Gasteiger charge is -2.30. The number of para-hydroxylation sites is 2. The minimum Gasteiger partial charge on any atom is -0.378 e. The van der Waals surface area contributed by atoms with Crippen molar-refractivity contribution in [1.82, 2.24) is 4.90 Å². The third-order valence-electron chi connectivity index (χ3n) is 5.81. The number of carbonyl (C=O) groups excluding carboxylic acids is 2. The molecule has 0 bridgehead atoms. The zero-order valence-electron chi connectivity index (χ0n) is 15.2. The van der Waals surface area contributed by atoms with E-state index in [9.17, 15) is 9.59 Å². The second-order valence-electron chi connectivity index (χ2n) is 7.49. The molecule has 0 radical (unpaired) electrons. The first-order chi connectivity index (χ1) is 12.7. The fourth-order valence-electron chi connectivity index (χ4n) is 4.37. The van der Waals surface area contributed by atoms with E-state index >= 15 is 0 Å². The van der Waals surface area contributed by atoms with Gasteiger partial charge in [-0.3, -0.25) is 9.59 Å². The number of ether oxygens (including phenoxy) is 1. The molecule has 0 unspecified atom stereocenters. The van der Waals surface area contributed by atoms with Gasteiger partial charge < -0.3 is 19.9 Å². The van der Waals surface area contributed by atoms with Crippen LogP contribution in [0.25, 0.3) is 0 Å². The summed E-state index contributed by atoms with van der Waals surface area (Å²) in [6, 6.07) is 8.24. The van der Waals surface area contributed by atoms with E-state index in [0.29, 0.717) is 32.2 Å². The molecule has 1 aromatic rings. The zero-order valence-corrected chi connectivity index (χ0v) is 15.2. The minimum absolute atomic E-state index is 0.0421. The fourth-order valence-corrected chi connectivity index (χ4v) is 4.37. The maximum Gasteiger partial charge on any atom is 0.229 e. The lowest BCUT2D eigenvalue weighted by Crippen LogP contribution is -2.37. The van der Waals surface area contributed by atoms with Crippen LogP contribution >= 0.6 is 0 Å². The van der Waals surface area contributed by atoms with Gasteiger partial charge in [-0.25, -0.2) is 0 Å². The van der Waals surface area contributed by atoms with Crippen molar-refractivity contribution in [3.63, 3.8) is 0 Å². The Morgan fingerprint density at radius 3 is 2.62 bits per heavy atom. The van der Waals surface area contributed by atoms with Gasteiger partial charge in [0.25, 0.3) is 0 Å². The highest BCUT2D eigenvalue weighted by Gasteiger charge is 2.38. The van der Waals surface area contributed by atoms with Gasteiger partial charge in [0, 0.05) is 32.1 Å². The maximum atomic E-state index is 12.8. The Balaban J connectivity index is 1.43. The predicted octanol–water partition coefficient (Wildman–Crippen LogP) is 2.25. The van der Waals surface area contributed by atoms with E-state index in [1.165, 1.54) is 12.8 Å². The Labute approximate surface area is 154 Å². The molecule has 0 spiro atoms. The molecule has 1 aromatic carbocycles. The average Bonchev–Trinajstić information content (AvgIpc) is 3.32. The highest BCUT2D eigenvalue weighted by atomic mass is 16.5. The molecule has 4 rings (SSSR count). The van der Waals surface area contributed by atoms with Crippen molar-refractivity contribution in [1.29, 1.82) is 0 Å². The van der Waals surface area contributed by atoms with Gasteiger partial charge in [0.05, 0.1) is 30.5 Å². The van der Waals surface area contributed by atoms with Gasteiger partial charge in [-0.2, -0.15) is 0 Å². The van der Waals surface area contributed by atoms with Gasteiger partial charge >= 0.3 is 0 Å². The topological polar surface area (TPSA) is 61.9 Å². The summed E-state index contributed by atoms with van der Waals surface area (Å²) in [7, 11) is 0. The molecule has 140 valence electrons. The number of carbonyl (C=O) groups is 2. The molecule has 0 aromatic heterocycles. The van der Waals surface area contributed by atoms with Crippen LogP contribution < -0.4 is 10.2 Å². The van der Waals surface area contributed by atoms with E-state index in [0.717, 1.165) is 37.3 Å². The van der Waals surface area contributed by atoms with Crippen molar-refractivity contribution in [3.8, 4) is 0 Å². The molecular formula is C20H27N3O3. The third-order valence-corrected chi connectivity index (χ3v) is 5.81. The first kappa shape index (κ1) is 17.3. The molecular weight excluding hydrogens is 330 g/mol. The van der Waals surface area contributed by atoms with Crippen LogP contribution in [0.15, 0.2) is 24.3 Å². The molecule has 1 atom stereocenters. The Hall–Kier alpha value is -2.08. The Morgan fingerprint density at radius 2 is 1.85 bits per heavy atom. The van der Waals surface area contributed by atoms with Gasteiger partial charge in [-0.05, 0) is 25.0 Å². The number of hydrogen-bond donors (Lipinski definition) is 1. The molecule has 1 N–H and O–H groups in total. The van der Waals surface area contributed by atoms with Crippen LogP contribution in [-0.2, 0) is 14.3 Å². The van der Waals surface area contributed by atoms with Crippen molar-refractivity contribution in [2.24, 2.45) is 5.92 Å². The van der Waals surface area contributed by atoms with Gasteiger partial charge in [-0.1, -0.05) is 25.0 Å². The lowest BCUT2D eigenvalue weighted by molar-refractivity contribution is -0.129. The summed E-state index contributed by atoms with van der Waals surface area (Å²) in [4.78, 5) is 29.4. The molecule has 2 heterocycles. The highest BCUT2D eigenvalue weighted by molar-refractivity contribution is 5.99. The third kappa shape index (κ3) is 3.56. The number of rotatable bonds is 4. The first-order valence-electron chi connectivity index (χ1n) is 9.74. The van der Waals surface area contributed by atoms with Crippen LogP contribution in [0.3, 0.4) is 0 Å². The van der Waals surface area contributed by atoms with E-state index in [-0.39, 0.29) is 17.7 Å². The highest BCUT2D eigenvalue weighted by Crippen LogP contribution is 2.31. The quantitative estimate of drug-likeness (QED) is 0.898. The Bertz CT molecular complexity index is 666. The van der Waals surface area contributed by atoms with Crippen LogP contribution in [0.2, 0.25) is 0 Å². The van der Waals surface area contributed by atoms with E-state index < -0.39 is 0 Å². The van der Waals surface area contributed by atoms with Gasteiger partial charge in [0.15, 0.2) is 0 Å². The molecule has 2 aliphatic heterocycles. The number of anilines is 2. The summed E-state index contributed by atoms with van der Waals surface area (Å²) >= 11 is 0. The summed E-state index contributed by atoms with van der Waals surface area (Å²) in [5.74, 6) is -0.154. The van der Waals surface area contributed by atoms with Crippen LogP contribution in [0.5, 0.6) is 0 Å². The zero-order chi connectivity index (χ0) is 17.9. The van der Waals surface area contributed by atoms with Crippen molar-refractivity contribution in [3.05, 3.63) is 24.3 Å². The molecule has 3 aliphatic rings. The molecule has 1 aliphatic carbocycles. The van der Waals surface area contributed by atoms with Crippen LogP contribution in [0.4, 0.5) is 11.4 Å². The van der Waals surface area contributed by atoms with Crippen molar-refractivity contribution in [2.45, 2.75) is 38.1 Å². The lowest BCUT2D eigenvalue weighted by atomic mass is 10.1. The monoisotopic (exact) mass is 357 g/mol. The van der Waals surface area contributed by atoms with E-state index in [2.05, 4.69) is 10.2 Å². The second-order valence-corrected chi connectivity index (χ2v) is 7.49. The number of benzene rings is 1. The van der Waals surface area contributed by atoms with Gasteiger partial charge in [0.1, 0.15) is 0 Å². The summed E-state index contributed by atoms with van der Waals surface area (Å²) in [6.07, 6.45) is 4.89. The average molecular weight is 357 g/mol. The molecule has 2 amide bonds. The molecule has 6 nitrogen and oxygen atoms in total. The largest absolute Gasteiger partial charge is 0.378 e. The van der Waals surface area contributed by atoms with Crippen LogP contribution in [0, 0.1) is 5.92 Å². The summed E-state index contributed by atoms with van der Waals surface area (Å²) in [5, 5.41) is 3.08. The molecule has 26 heavy (non-hydrogen) atoms. The number of nitrogens with one attached hydrogen (secondary N) is 1. The van der Waals surface area contributed by atoms with Gasteiger partial charge in [-0.15, -0.1) is 0 Å². The molecule has 1 saturated carbocycles. The van der Waals surface area contributed by atoms with Crippen LogP contribution in [-0.4, -0.2) is 55.6 Å². The Kier molecular flexibility index (Phi) is 5.11. The standard InChI is InChI=1S/C20H27N3O3/c24-19-13-15(14-23(19)16-5-1-2-6-16)20(25)21-17-7-3-4-8-18(17)22-9-11-26-12-10-22/h3-4,7-8,15-16H,1-2,5-6,9-14H2,(H,21,25)/t15-/m1/s1. The number of morpholine rings is 1. The fraction of sp³-hybridized carbons (Fsp3) is 0.600.